The number of halogens is 3. The van der Waals surface area contributed by atoms with Crippen molar-refractivity contribution >= 4 is 79.7 Å². The van der Waals surface area contributed by atoms with Gasteiger partial charge in [-0.05, 0) is 72.4 Å². The Morgan fingerprint density at radius 1 is 1.00 bits per heavy atom. The zero-order valence-electron chi connectivity index (χ0n) is 17.2. The number of carbonyl (C=O) groups is 2. The summed E-state index contributed by atoms with van der Waals surface area (Å²) in [7, 11) is 0. The first-order valence-electron chi connectivity index (χ1n) is 10.0. The van der Waals surface area contributed by atoms with Gasteiger partial charge in [0.2, 0.25) is 5.91 Å². The Bertz CT molecular complexity index is 1210. The summed E-state index contributed by atoms with van der Waals surface area (Å²) in [6.07, 6.45) is -0.0559. The molecule has 0 saturated carbocycles. The summed E-state index contributed by atoms with van der Waals surface area (Å²) in [5.41, 5.74) is 2.13. The number of amides is 2. The van der Waals surface area contributed by atoms with Crippen molar-refractivity contribution in [2.24, 2.45) is 0 Å². The predicted octanol–water partition coefficient (Wildman–Crippen LogP) is 6.29. The average Bonchev–Trinajstić information content (AvgIpc) is 3.00. The van der Waals surface area contributed by atoms with Gasteiger partial charge in [0, 0.05) is 26.8 Å². The summed E-state index contributed by atoms with van der Waals surface area (Å²) in [6.45, 7) is 0.356. The highest BCUT2D eigenvalue weighted by molar-refractivity contribution is 9.10. The van der Waals surface area contributed by atoms with E-state index in [2.05, 4.69) is 21.2 Å². The lowest BCUT2D eigenvalue weighted by molar-refractivity contribution is -0.124. The van der Waals surface area contributed by atoms with Crippen molar-refractivity contribution in [1.82, 2.24) is 4.90 Å². The van der Waals surface area contributed by atoms with Crippen molar-refractivity contribution in [2.75, 3.05) is 10.2 Å². The Kier molecular flexibility index (Phi) is 7.34. The minimum absolute atomic E-state index is 0.0559. The lowest BCUT2D eigenvalue weighted by Gasteiger charge is -2.24. The highest BCUT2D eigenvalue weighted by atomic mass is 79.9. The first kappa shape index (κ1) is 23.7. The molecule has 0 aromatic heterocycles. The third-order valence-corrected chi connectivity index (χ3v) is 6.59. The highest BCUT2D eigenvalue weighted by Gasteiger charge is 2.44. The van der Waals surface area contributed by atoms with Crippen LogP contribution in [0.25, 0.3) is 0 Å². The van der Waals surface area contributed by atoms with E-state index in [1.807, 2.05) is 24.3 Å². The Labute approximate surface area is 215 Å². The van der Waals surface area contributed by atoms with Gasteiger partial charge in [-0.25, -0.2) is 0 Å². The molecule has 1 fully saturated rings. The topological polar surface area (TPSA) is 52.7 Å². The van der Waals surface area contributed by atoms with Gasteiger partial charge in [-0.15, -0.1) is 0 Å². The Hall–Kier alpha value is -2.45. The molecule has 1 aliphatic rings. The van der Waals surface area contributed by atoms with Crippen molar-refractivity contribution in [3.63, 3.8) is 0 Å². The second-order valence-electron chi connectivity index (χ2n) is 7.47. The molecule has 5 nitrogen and oxygen atoms in total. The van der Waals surface area contributed by atoms with Gasteiger partial charge in [0.1, 0.15) is 6.04 Å². The molecular weight excluding hydrogens is 545 g/mol. The van der Waals surface area contributed by atoms with Gasteiger partial charge >= 0.3 is 0 Å². The monoisotopic (exact) mass is 561 g/mol. The van der Waals surface area contributed by atoms with E-state index in [1.165, 1.54) is 4.90 Å². The van der Waals surface area contributed by atoms with Gasteiger partial charge in [0.25, 0.3) is 5.91 Å². The summed E-state index contributed by atoms with van der Waals surface area (Å²) in [5.74, 6) is -0.560. The molecule has 3 aromatic carbocycles. The van der Waals surface area contributed by atoms with Crippen LogP contribution in [0.3, 0.4) is 0 Å². The largest absolute Gasteiger partial charge is 0.332 e. The van der Waals surface area contributed by atoms with E-state index in [9.17, 15) is 9.59 Å². The van der Waals surface area contributed by atoms with Crippen molar-refractivity contribution in [1.29, 1.82) is 0 Å². The fourth-order valence-corrected chi connectivity index (χ4v) is 4.54. The number of hydrogen-bond acceptors (Lipinski definition) is 3. The summed E-state index contributed by atoms with van der Waals surface area (Å²) in [6, 6.07) is 20.7. The van der Waals surface area contributed by atoms with Crippen LogP contribution in [0.4, 0.5) is 11.4 Å². The maximum Gasteiger partial charge on any atom is 0.256 e. The van der Waals surface area contributed by atoms with E-state index >= 15 is 0 Å². The summed E-state index contributed by atoms with van der Waals surface area (Å²) in [4.78, 5) is 29.5. The van der Waals surface area contributed by atoms with Crippen molar-refractivity contribution in [3.8, 4) is 0 Å². The summed E-state index contributed by atoms with van der Waals surface area (Å²) < 4.78 is 0.906. The fraction of sp³-hybridized carbons (Fsp3) is 0.125. The third kappa shape index (κ3) is 5.55. The van der Waals surface area contributed by atoms with Crippen LogP contribution in [0.5, 0.6) is 0 Å². The molecule has 1 aliphatic heterocycles. The van der Waals surface area contributed by atoms with Crippen LogP contribution in [-0.4, -0.2) is 27.9 Å². The van der Waals surface area contributed by atoms with Gasteiger partial charge in [-0.3, -0.25) is 14.5 Å². The van der Waals surface area contributed by atoms with E-state index in [-0.39, 0.29) is 18.2 Å². The minimum atomic E-state index is -0.761. The molecule has 2 amide bonds. The standard InChI is InChI=1S/C24H18BrCl2N3O2S/c25-16-6-10-19(11-7-16)28-22(31)13-21-23(32)30(20-3-1-2-18(27)12-20)24(33)29(21)14-15-4-8-17(26)9-5-15/h1-12,21H,13-14H2,(H,28,31). The first-order chi connectivity index (χ1) is 15.8. The Balaban J connectivity index is 1.60. The molecule has 0 aliphatic carbocycles. The van der Waals surface area contributed by atoms with Crippen molar-refractivity contribution < 1.29 is 9.59 Å². The molecule has 1 N–H and O–H groups in total. The number of carbonyl (C=O) groups excluding carboxylic acids is 2. The number of rotatable bonds is 6. The maximum atomic E-state index is 13.5. The average molecular weight is 563 g/mol. The van der Waals surface area contributed by atoms with E-state index < -0.39 is 6.04 Å². The summed E-state index contributed by atoms with van der Waals surface area (Å²) in [5, 5.41) is 4.27. The van der Waals surface area contributed by atoms with Crippen LogP contribution in [0.1, 0.15) is 12.0 Å². The van der Waals surface area contributed by atoms with Crippen LogP contribution in [0, 0.1) is 0 Å². The molecular formula is C24H18BrCl2N3O2S. The van der Waals surface area contributed by atoms with Crippen LogP contribution >= 0.6 is 51.3 Å². The first-order valence-corrected chi connectivity index (χ1v) is 12.0. The molecule has 0 radical (unpaired) electrons. The second-order valence-corrected chi connectivity index (χ2v) is 9.62. The molecule has 1 saturated heterocycles. The van der Waals surface area contributed by atoms with Gasteiger partial charge in [-0.2, -0.15) is 0 Å². The van der Waals surface area contributed by atoms with Gasteiger partial charge in [-0.1, -0.05) is 57.3 Å². The van der Waals surface area contributed by atoms with Gasteiger partial charge in [0.05, 0.1) is 12.1 Å². The van der Waals surface area contributed by atoms with Crippen LogP contribution in [-0.2, 0) is 16.1 Å². The number of hydrogen-bond donors (Lipinski definition) is 1. The number of benzene rings is 3. The minimum Gasteiger partial charge on any atom is -0.332 e. The number of anilines is 2. The third-order valence-electron chi connectivity index (χ3n) is 5.16. The molecule has 1 heterocycles. The van der Waals surface area contributed by atoms with E-state index in [4.69, 9.17) is 35.4 Å². The molecule has 168 valence electrons. The van der Waals surface area contributed by atoms with Crippen LogP contribution < -0.4 is 10.2 Å². The molecule has 3 aromatic rings. The quantitative estimate of drug-likeness (QED) is 0.359. The SMILES string of the molecule is O=C(CC1C(=O)N(c2cccc(Cl)c2)C(=S)N1Cc1ccc(Cl)cc1)Nc1ccc(Br)cc1. The zero-order chi connectivity index (χ0) is 23.5. The van der Waals surface area contributed by atoms with Gasteiger partial charge in [0.15, 0.2) is 5.11 Å². The molecule has 4 rings (SSSR count). The number of nitrogens with one attached hydrogen (secondary N) is 1. The van der Waals surface area contributed by atoms with Crippen molar-refractivity contribution in [3.05, 3.63) is 92.9 Å². The second kappa shape index (κ2) is 10.2. The fourth-order valence-electron chi connectivity index (χ4n) is 3.57. The Morgan fingerprint density at radius 3 is 2.36 bits per heavy atom. The summed E-state index contributed by atoms with van der Waals surface area (Å²) >= 11 is 21.2. The lowest BCUT2D eigenvalue weighted by atomic mass is 10.1. The van der Waals surface area contributed by atoms with Crippen LogP contribution in [0.2, 0.25) is 10.0 Å². The number of thiocarbonyl (C=S) groups is 1. The molecule has 9 heteroatoms. The van der Waals surface area contributed by atoms with Crippen molar-refractivity contribution in [2.45, 2.75) is 19.0 Å². The van der Waals surface area contributed by atoms with E-state index in [1.54, 1.807) is 53.4 Å². The predicted molar refractivity (Wildman–Crippen MR) is 140 cm³/mol. The van der Waals surface area contributed by atoms with Crippen LogP contribution in [0.15, 0.2) is 77.3 Å². The van der Waals surface area contributed by atoms with E-state index in [0.29, 0.717) is 33.1 Å². The smallest absolute Gasteiger partial charge is 0.256 e. The molecule has 0 spiro atoms. The normalized spacial score (nSPS) is 15.8. The molecule has 33 heavy (non-hydrogen) atoms. The van der Waals surface area contributed by atoms with Gasteiger partial charge < -0.3 is 10.2 Å². The number of nitrogens with zero attached hydrogens (tertiary/aromatic N) is 2. The Morgan fingerprint density at radius 2 is 1.70 bits per heavy atom. The molecule has 1 atom stereocenters. The zero-order valence-corrected chi connectivity index (χ0v) is 21.1. The molecule has 1 unspecified atom stereocenters. The van der Waals surface area contributed by atoms with E-state index in [0.717, 1.165) is 10.0 Å². The highest BCUT2D eigenvalue weighted by Crippen LogP contribution is 2.30. The lowest BCUT2D eigenvalue weighted by Crippen LogP contribution is -2.37. The molecule has 0 bridgehead atoms. The maximum absolute atomic E-state index is 13.5.